The summed E-state index contributed by atoms with van der Waals surface area (Å²) < 4.78 is 29.9. The lowest BCUT2D eigenvalue weighted by atomic mass is 9.92. The zero-order chi connectivity index (χ0) is 25.3. The van der Waals surface area contributed by atoms with Crippen molar-refractivity contribution in [3.63, 3.8) is 0 Å². The zero-order valence-electron chi connectivity index (χ0n) is 20.4. The van der Waals surface area contributed by atoms with Gasteiger partial charge in [-0.25, -0.2) is 8.42 Å². The molecule has 5 nitrogen and oxygen atoms in total. The second kappa shape index (κ2) is 10.2. The molecule has 1 saturated heterocycles. The normalized spacial score (nSPS) is 22.9. The minimum absolute atomic E-state index is 0.223. The van der Waals surface area contributed by atoms with Gasteiger partial charge < -0.3 is 5.11 Å². The fourth-order valence-electron chi connectivity index (χ4n) is 4.95. The van der Waals surface area contributed by atoms with E-state index in [0.29, 0.717) is 17.5 Å². The van der Waals surface area contributed by atoms with E-state index in [2.05, 4.69) is 0 Å². The van der Waals surface area contributed by atoms with E-state index >= 15 is 0 Å². The number of nitrogens with zero attached hydrogens (tertiary/aromatic N) is 1. The Balaban J connectivity index is 1.91. The average Bonchev–Trinajstić information content (AvgIpc) is 3.16. The molecule has 35 heavy (non-hydrogen) atoms. The van der Waals surface area contributed by atoms with E-state index in [4.69, 9.17) is 0 Å². The van der Waals surface area contributed by atoms with Crippen LogP contribution in [0.1, 0.15) is 41.6 Å². The number of sulfonamides is 1. The van der Waals surface area contributed by atoms with Crippen LogP contribution in [0.3, 0.4) is 0 Å². The largest absolute Gasteiger partial charge is 0.481 e. The Hall–Kier alpha value is -2.61. The summed E-state index contributed by atoms with van der Waals surface area (Å²) in [6.45, 7) is 7.67. The first-order valence-corrected chi connectivity index (χ1v) is 14.1. The van der Waals surface area contributed by atoms with E-state index < -0.39 is 39.2 Å². The lowest BCUT2D eigenvalue weighted by Gasteiger charge is -2.31. The number of carboxylic acids is 1. The average molecular weight is 510 g/mol. The monoisotopic (exact) mass is 509 g/mol. The molecule has 4 atom stereocenters. The van der Waals surface area contributed by atoms with Gasteiger partial charge in [0.15, 0.2) is 0 Å². The molecule has 0 saturated carbocycles. The molecule has 0 radical (unpaired) electrons. The first kappa shape index (κ1) is 25.5. The van der Waals surface area contributed by atoms with E-state index in [0.717, 1.165) is 16.0 Å². The molecule has 4 rings (SSSR count). The molecule has 0 spiro atoms. The highest BCUT2D eigenvalue weighted by atomic mass is 32.2. The van der Waals surface area contributed by atoms with Gasteiger partial charge in [-0.05, 0) is 56.5 Å². The first-order valence-electron chi connectivity index (χ1n) is 11.8. The minimum Gasteiger partial charge on any atom is -0.481 e. The Morgan fingerprint density at radius 2 is 1.49 bits per heavy atom. The number of thioether (sulfide) groups is 1. The number of aryl methyl sites for hydroxylation is 3. The van der Waals surface area contributed by atoms with Crippen LogP contribution in [0.2, 0.25) is 0 Å². The van der Waals surface area contributed by atoms with Crippen LogP contribution in [0.15, 0.2) is 82.6 Å². The standard InChI is InChI=1S/C28H31NO4S2/c1-5-23-27(34-22-16-12-19(3)13-17-22)25(28(30)31)26(21-14-10-18(2)11-15-21)29(23)35(32,33)24-9-7-6-8-20(24)4/h6-17,23,25-27H,5H2,1-4H3,(H,30,31)/t23-,25+,26+,27-/m1/s1. The molecule has 7 heteroatoms. The van der Waals surface area contributed by atoms with Crippen LogP contribution >= 0.6 is 11.8 Å². The highest BCUT2D eigenvalue weighted by Gasteiger charge is 2.57. The van der Waals surface area contributed by atoms with Gasteiger partial charge in [0.1, 0.15) is 0 Å². The molecule has 0 aliphatic carbocycles. The van der Waals surface area contributed by atoms with Crippen LogP contribution in [-0.2, 0) is 14.8 Å². The minimum atomic E-state index is -3.98. The van der Waals surface area contributed by atoms with Gasteiger partial charge in [-0.3, -0.25) is 4.79 Å². The van der Waals surface area contributed by atoms with Crippen molar-refractivity contribution in [1.29, 1.82) is 0 Å². The number of carboxylic acid groups (broad SMARTS) is 1. The van der Waals surface area contributed by atoms with Crippen LogP contribution in [0.5, 0.6) is 0 Å². The van der Waals surface area contributed by atoms with Crippen molar-refractivity contribution >= 4 is 27.8 Å². The molecule has 3 aromatic carbocycles. The van der Waals surface area contributed by atoms with Gasteiger partial charge >= 0.3 is 5.97 Å². The van der Waals surface area contributed by atoms with Crippen LogP contribution in [0.25, 0.3) is 0 Å². The Labute approximate surface area is 212 Å². The van der Waals surface area contributed by atoms with Crippen molar-refractivity contribution < 1.29 is 18.3 Å². The van der Waals surface area contributed by atoms with Crippen molar-refractivity contribution in [1.82, 2.24) is 4.31 Å². The summed E-state index contributed by atoms with van der Waals surface area (Å²) in [7, 11) is -3.98. The number of hydrogen-bond acceptors (Lipinski definition) is 4. The SMILES string of the molecule is CC[C@@H]1[C@@H](Sc2ccc(C)cc2)[C@@H](C(=O)O)[C@H](c2ccc(C)cc2)N1S(=O)(=O)c1ccccc1C. The number of carbonyl (C=O) groups is 1. The number of rotatable bonds is 7. The van der Waals surface area contributed by atoms with Crippen molar-refractivity contribution in [3.05, 3.63) is 95.1 Å². The molecule has 0 bridgehead atoms. The van der Waals surface area contributed by atoms with Crippen LogP contribution < -0.4 is 0 Å². The highest BCUT2D eigenvalue weighted by molar-refractivity contribution is 8.00. The third-order valence-corrected chi connectivity index (χ3v) is 10.2. The quantitative estimate of drug-likeness (QED) is 0.423. The van der Waals surface area contributed by atoms with E-state index in [1.807, 2.05) is 75.4 Å². The summed E-state index contributed by atoms with van der Waals surface area (Å²) in [5.74, 6) is -1.89. The molecular weight excluding hydrogens is 478 g/mol. The summed E-state index contributed by atoms with van der Waals surface area (Å²) in [4.78, 5) is 14.0. The Morgan fingerprint density at radius 1 is 0.914 bits per heavy atom. The highest BCUT2D eigenvalue weighted by Crippen LogP contribution is 2.51. The summed E-state index contributed by atoms with van der Waals surface area (Å²) in [6, 6.07) is 21.1. The summed E-state index contributed by atoms with van der Waals surface area (Å²) in [5.41, 5.74) is 3.49. The van der Waals surface area contributed by atoms with Gasteiger partial charge in [0.05, 0.1) is 16.9 Å². The zero-order valence-corrected chi connectivity index (χ0v) is 22.0. The Kier molecular flexibility index (Phi) is 7.40. The Bertz CT molecular complexity index is 1300. The number of aliphatic carboxylic acids is 1. The van der Waals surface area contributed by atoms with Crippen LogP contribution in [0.4, 0.5) is 0 Å². The van der Waals surface area contributed by atoms with Crippen molar-refractivity contribution in [3.8, 4) is 0 Å². The third kappa shape index (κ3) is 4.90. The van der Waals surface area contributed by atoms with Gasteiger partial charge in [0.25, 0.3) is 0 Å². The molecule has 3 aromatic rings. The number of benzene rings is 3. The third-order valence-electron chi connectivity index (χ3n) is 6.74. The summed E-state index contributed by atoms with van der Waals surface area (Å²) in [6.07, 6.45) is 0.501. The second-order valence-electron chi connectivity index (χ2n) is 9.19. The Morgan fingerprint density at radius 3 is 2.03 bits per heavy atom. The van der Waals surface area contributed by atoms with Crippen molar-refractivity contribution in [2.24, 2.45) is 5.92 Å². The molecule has 1 N–H and O–H groups in total. The smallest absolute Gasteiger partial charge is 0.309 e. The van der Waals surface area contributed by atoms with E-state index in [9.17, 15) is 18.3 Å². The first-order chi connectivity index (χ1) is 16.6. The van der Waals surface area contributed by atoms with Gasteiger partial charge in [0.2, 0.25) is 10.0 Å². The predicted octanol–water partition coefficient (Wildman–Crippen LogP) is 6.00. The van der Waals surface area contributed by atoms with Gasteiger partial charge in [-0.15, -0.1) is 11.8 Å². The van der Waals surface area contributed by atoms with Crippen LogP contribution in [-0.4, -0.2) is 35.1 Å². The van der Waals surface area contributed by atoms with E-state index in [1.54, 1.807) is 25.1 Å². The molecular formula is C28H31NO4S2. The van der Waals surface area contributed by atoms with Crippen molar-refractivity contribution in [2.45, 2.75) is 61.2 Å². The lowest BCUT2D eigenvalue weighted by Crippen LogP contribution is -2.40. The lowest BCUT2D eigenvalue weighted by molar-refractivity contribution is -0.142. The van der Waals surface area contributed by atoms with E-state index in [1.165, 1.54) is 16.1 Å². The molecule has 1 aliphatic rings. The molecule has 0 amide bonds. The van der Waals surface area contributed by atoms with Crippen molar-refractivity contribution in [2.75, 3.05) is 0 Å². The molecule has 1 fully saturated rings. The molecule has 1 heterocycles. The molecule has 1 aliphatic heterocycles. The molecule has 184 valence electrons. The second-order valence-corrected chi connectivity index (χ2v) is 12.3. The maximum absolute atomic E-state index is 14.2. The fraction of sp³-hybridized carbons (Fsp3) is 0.321. The molecule has 0 aromatic heterocycles. The molecule has 0 unspecified atom stereocenters. The summed E-state index contributed by atoms with van der Waals surface area (Å²) >= 11 is 1.46. The maximum Gasteiger partial charge on any atom is 0.309 e. The maximum atomic E-state index is 14.2. The summed E-state index contributed by atoms with van der Waals surface area (Å²) in [5, 5.41) is 10.0. The number of hydrogen-bond donors (Lipinski definition) is 1. The van der Waals surface area contributed by atoms with Gasteiger partial charge in [-0.2, -0.15) is 4.31 Å². The van der Waals surface area contributed by atoms with E-state index in [-0.39, 0.29) is 4.90 Å². The predicted molar refractivity (Wildman–Crippen MR) is 140 cm³/mol. The van der Waals surface area contributed by atoms with Gasteiger partial charge in [-0.1, -0.05) is 72.6 Å². The topological polar surface area (TPSA) is 74.7 Å². The fourth-order valence-corrected chi connectivity index (χ4v) is 8.67. The van der Waals surface area contributed by atoms with Gasteiger partial charge in [0, 0.05) is 16.2 Å². The van der Waals surface area contributed by atoms with Crippen LogP contribution in [0, 0.1) is 26.7 Å².